The Kier molecular flexibility index (Phi) is 6.65. The van der Waals surface area contributed by atoms with E-state index in [1.807, 2.05) is 6.92 Å². The highest BCUT2D eigenvalue weighted by Gasteiger charge is 2.17. The van der Waals surface area contributed by atoms with E-state index >= 15 is 0 Å². The Hall–Kier alpha value is -2.78. The molecule has 0 bridgehead atoms. The summed E-state index contributed by atoms with van der Waals surface area (Å²) in [5.74, 6) is -2.19. The highest BCUT2D eigenvalue weighted by Crippen LogP contribution is 2.12. The SMILES string of the molecule is CC[C@@H](C)NS(=O)(=O)c1ccc(C(=O)NNC(=O)c2ccccc2F)cc1. The normalized spacial score (nSPS) is 12.3. The highest BCUT2D eigenvalue weighted by atomic mass is 32.2. The van der Waals surface area contributed by atoms with Crippen LogP contribution in [0.15, 0.2) is 53.4 Å². The van der Waals surface area contributed by atoms with E-state index in [9.17, 15) is 22.4 Å². The number of hydrogen-bond donors (Lipinski definition) is 3. The first-order chi connectivity index (χ1) is 12.7. The zero-order valence-electron chi connectivity index (χ0n) is 14.8. The number of hydrazine groups is 1. The third-order valence-corrected chi connectivity index (χ3v) is 5.41. The predicted molar refractivity (Wildman–Crippen MR) is 97.8 cm³/mol. The van der Waals surface area contributed by atoms with Crippen LogP contribution in [0.4, 0.5) is 4.39 Å². The molecule has 0 aliphatic carbocycles. The summed E-state index contributed by atoms with van der Waals surface area (Å²) < 4.78 is 40.4. The summed E-state index contributed by atoms with van der Waals surface area (Å²) in [6.07, 6.45) is 0.640. The van der Waals surface area contributed by atoms with Gasteiger partial charge in [-0.2, -0.15) is 0 Å². The van der Waals surface area contributed by atoms with Crippen LogP contribution in [0.3, 0.4) is 0 Å². The van der Waals surface area contributed by atoms with Gasteiger partial charge < -0.3 is 0 Å². The van der Waals surface area contributed by atoms with Gasteiger partial charge in [-0.15, -0.1) is 0 Å². The van der Waals surface area contributed by atoms with Crippen LogP contribution in [-0.4, -0.2) is 26.3 Å². The van der Waals surface area contributed by atoms with Gasteiger partial charge >= 0.3 is 0 Å². The number of halogens is 1. The van der Waals surface area contributed by atoms with Crippen molar-refractivity contribution in [2.24, 2.45) is 0 Å². The van der Waals surface area contributed by atoms with Gasteiger partial charge in [0.1, 0.15) is 5.82 Å². The lowest BCUT2D eigenvalue weighted by Crippen LogP contribution is -2.42. The van der Waals surface area contributed by atoms with Gasteiger partial charge in [-0.05, 0) is 49.7 Å². The Bertz CT molecular complexity index is 930. The number of hydrogen-bond acceptors (Lipinski definition) is 4. The largest absolute Gasteiger partial charge is 0.272 e. The van der Waals surface area contributed by atoms with Crippen molar-refractivity contribution in [3.8, 4) is 0 Å². The molecule has 0 spiro atoms. The van der Waals surface area contributed by atoms with Crippen molar-refractivity contribution >= 4 is 21.8 Å². The lowest BCUT2D eigenvalue weighted by atomic mass is 10.2. The summed E-state index contributed by atoms with van der Waals surface area (Å²) in [4.78, 5) is 24.0. The van der Waals surface area contributed by atoms with Crippen LogP contribution in [0.5, 0.6) is 0 Å². The topological polar surface area (TPSA) is 104 Å². The van der Waals surface area contributed by atoms with E-state index in [-0.39, 0.29) is 22.1 Å². The second-order valence-corrected chi connectivity index (χ2v) is 7.56. The summed E-state index contributed by atoms with van der Waals surface area (Å²) in [6.45, 7) is 3.61. The van der Waals surface area contributed by atoms with Crippen LogP contribution >= 0.6 is 0 Å². The minimum Gasteiger partial charge on any atom is -0.267 e. The van der Waals surface area contributed by atoms with E-state index in [1.165, 1.54) is 42.5 Å². The molecule has 0 radical (unpaired) electrons. The van der Waals surface area contributed by atoms with Crippen molar-refractivity contribution in [3.63, 3.8) is 0 Å². The number of rotatable bonds is 6. The van der Waals surface area contributed by atoms with E-state index in [1.54, 1.807) is 6.92 Å². The lowest BCUT2D eigenvalue weighted by Gasteiger charge is -2.12. The molecule has 0 saturated carbocycles. The molecule has 3 N–H and O–H groups in total. The van der Waals surface area contributed by atoms with Gasteiger partial charge in [-0.25, -0.2) is 17.5 Å². The molecule has 144 valence electrons. The van der Waals surface area contributed by atoms with Crippen LogP contribution in [0, 0.1) is 5.82 Å². The fourth-order valence-corrected chi connectivity index (χ4v) is 3.43. The van der Waals surface area contributed by atoms with Crippen molar-refractivity contribution in [1.29, 1.82) is 0 Å². The molecular weight excluding hydrogens is 373 g/mol. The lowest BCUT2D eigenvalue weighted by molar-refractivity contribution is 0.0844. The van der Waals surface area contributed by atoms with E-state index in [4.69, 9.17) is 0 Å². The van der Waals surface area contributed by atoms with Gasteiger partial charge in [0.05, 0.1) is 10.5 Å². The summed E-state index contributed by atoms with van der Waals surface area (Å²) >= 11 is 0. The Labute approximate surface area is 157 Å². The van der Waals surface area contributed by atoms with E-state index in [0.717, 1.165) is 6.07 Å². The molecule has 0 aliphatic heterocycles. The average Bonchev–Trinajstić information content (AvgIpc) is 2.65. The van der Waals surface area contributed by atoms with Crippen molar-refractivity contribution in [1.82, 2.24) is 15.6 Å². The van der Waals surface area contributed by atoms with Gasteiger partial charge in [-0.1, -0.05) is 19.1 Å². The number of amides is 2. The molecule has 9 heteroatoms. The molecule has 0 fully saturated rings. The van der Waals surface area contributed by atoms with Gasteiger partial charge in [0.25, 0.3) is 11.8 Å². The molecule has 0 aliphatic rings. The monoisotopic (exact) mass is 393 g/mol. The fraction of sp³-hybridized carbons (Fsp3) is 0.222. The summed E-state index contributed by atoms with van der Waals surface area (Å²) in [6, 6.07) is 10.3. The molecule has 7 nitrogen and oxygen atoms in total. The third kappa shape index (κ3) is 5.35. The van der Waals surface area contributed by atoms with E-state index < -0.39 is 27.7 Å². The first-order valence-corrected chi connectivity index (χ1v) is 9.70. The number of carbonyl (C=O) groups excluding carboxylic acids is 2. The quantitative estimate of drug-likeness (QED) is 0.653. The van der Waals surface area contributed by atoms with Crippen molar-refractivity contribution < 1.29 is 22.4 Å². The van der Waals surface area contributed by atoms with Crippen LogP contribution < -0.4 is 15.6 Å². The molecule has 0 aromatic heterocycles. The number of benzene rings is 2. The standard InChI is InChI=1S/C18H20FN3O4S/c1-3-12(2)22-27(25,26)14-10-8-13(9-11-14)17(23)20-21-18(24)15-6-4-5-7-16(15)19/h4-12,22H,3H2,1-2H3,(H,20,23)(H,21,24)/t12-/m1/s1. The second kappa shape index (κ2) is 8.74. The minimum atomic E-state index is -3.67. The summed E-state index contributed by atoms with van der Waals surface area (Å²) in [5, 5.41) is 0. The summed E-state index contributed by atoms with van der Waals surface area (Å²) in [5.41, 5.74) is 4.18. The Morgan fingerprint density at radius 3 is 2.19 bits per heavy atom. The zero-order valence-corrected chi connectivity index (χ0v) is 15.6. The van der Waals surface area contributed by atoms with Gasteiger partial charge in [0.15, 0.2) is 0 Å². The highest BCUT2D eigenvalue weighted by molar-refractivity contribution is 7.89. The first kappa shape index (κ1) is 20.5. The summed E-state index contributed by atoms with van der Waals surface area (Å²) in [7, 11) is -3.67. The molecule has 27 heavy (non-hydrogen) atoms. The molecule has 0 heterocycles. The maximum absolute atomic E-state index is 13.5. The third-order valence-electron chi connectivity index (χ3n) is 3.80. The number of carbonyl (C=O) groups is 2. The maximum atomic E-state index is 13.5. The van der Waals surface area contributed by atoms with Crippen LogP contribution in [-0.2, 0) is 10.0 Å². The molecular formula is C18H20FN3O4S. The average molecular weight is 393 g/mol. The van der Waals surface area contributed by atoms with Gasteiger partial charge in [0.2, 0.25) is 10.0 Å². The van der Waals surface area contributed by atoms with Crippen LogP contribution in [0.1, 0.15) is 41.0 Å². The molecule has 2 aromatic carbocycles. The molecule has 2 rings (SSSR count). The molecule has 0 saturated heterocycles. The predicted octanol–water partition coefficient (Wildman–Crippen LogP) is 1.98. The maximum Gasteiger partial charge on any atom is 0.272 e. The van der Waals surface area contributed by atoms with Crippen molar-refractivity contribution in [2.75, 3.05) is 0 Å². The Balaban J connectivity index is 2.01. The molecule has 1 atom stereocenters. The van der Waals surface area contributed by atoms with E-state index in [2.05, 4.69) is 15.6 Å². The Morgan fingerprint density at radius 2 is 1.59 bits per heavy atom. The van der Waals surface area contributed by atoms with Crippen LogP contribution in [0.25, 0.3) is 0 Å². The first-order valence-electron chi connectivity index (χ1n) is 8.22. The second-order valence-electron chi connectivity index (χ2n) is 5.84. The Morgan fingerprint density at radius 1 is 1.00 bits per heavy atom. The van der Waals surface area contributed by atoms with E-state index in [0.29, 0.717) is 6.42 Å². The van der Waals surface area contributed by atoms with Gasteiger partial charge in [0, 0.05) is 11.6 Å². The van der Waals surface area contributed by atoms with Crippen molar-refractivity contribution in [2.45, 2.75) is 31.2 Å². The minimum absolute atomic E-state index is 0.0229. The molecule has 0 unspecified atom stereocenters. The number of sulfonamides is 1. The van der Waals surface area contributed by atoms with Crippen molar-refractivity contribution in [3.05, 3.63) is 65.5 Å². The van der Waals surface area contributed by atoms with Crippen LogP contribution in [0.2, 0.25) is 0 Å². The number of nitrogens with one attached hydrogen (secondary N) is 3. The fourth-order valence-electron chi connectivity index (χ4n) is 2.10. The van der Waals surface area contributed by atoms with Gasteiger partial charge in [-0.3, -0.25) is 20.4 Å². The molecule has 2 aromatic rings. The smallest absolute Gasteiger partial charge is 0.267 e. The molecule has 2 amide bonds. The zero-order chi connectivity index (χ0) is 20.0.